The molecule has 1 fully saturated rings. The third-order valence-electron chi connectivity index (χ3n) is 4.63. The number of aryl methyl sites for hydroxylation is 1. The Morgan fingerprint density at radius 1 is 1.32 bits per heavy atom. The summed E-state index contributed by atoms with van der Waals surface area (Å²) in [6, 6.07) is 13.9. The maximum atomic E-state index is 12.6. The van der Waals surface area contributed by atoms with Gasteiger partial charge >= 0.3 is 0 Å². The molecule has 0 radical (unpaired) electrons. The highest BCUT2D eigenvalue weighted by molar-refractivity contribution is 7.18. The smallest absolute Gasteiger partial charge is 0.255 e. The third-order valence-corrected chi connectivity index (χ3v) is 5.58. The fraction of sp³-hybridized carbons (Fsp3) is 0.300. The number of hydrogen-bond acceptors (Lipinski definition) is 4. The molecule has 1 atom stereocenters. The third kappa shape index (κ3) is 3.72. The molecule has 4 rings (SSSR count). The number of carbonyl (C=O) groups excluding carboxylic acids is 1. The molecule has 3 aromatic rings. The number of thiazole rings is 1. The van der Waals surface area contributed by atoms with Crippen LogP contribution in [0, 0.1) is 12.8 Å². The second kappa shape index (κ2) is 6.94. The molecule has 0 aliphatic carbocycles. The highest BCUT2D eigenvalue weighted by atomic mass is 32.1. The minimum absolute atomic E-state index is 0.0716. The summed E-state index contributed by atoms with van der Waals surface area (Å²) < 4.78 is 1.14. The van der Waals surface area contributed by atoms with Crippen molar-refractivity contribution in [3.63, 3.8) is 0 Å². The number of nitrogens with zero attached hydrogens (tertiary/aromatic N) is 1. The number of benzene rings is 2. The average molecular weight is 351 g/mol. The van der Waals surface area contributed by atoms with Crippen molar-refractivity contribution in [2.24, 2.45) is 5.92 Å². The Morgan fingerprint density at radius 3 is 3.08 bits per heavy atom. The van der Waals surface area contributed by atoms with Crippen molar-refractivity contribution in [2.45, 2.75) is 19.8 Å². The maximum absolute atomic E-state index is 12.6. The molecule has 1 amide bonds. The van der Waals surface area contributed by atoms with E-state index in [0.29, 0.717) is 11.5 Å². The number of nitrogens with one attached hydrogen (secondary N) is 2. The molecule has 1 unspecified atom stereocenters. The second-order valence-electron chi connectivity index (χ2n) is 6.63. The van der Waals surface area contributed by atoms with E-state index in [1.165, 1.54) is 12.0 Å². The fourth-order valence-corrected chi connectivity index (χ4v) is 4.19. The van der Waals surface area contributed by atoms with Gasteiger partial charge in [0.1, 0.15) is 0 Å². The van der Waals surface area contributed by atoms with E-state index in [-0.39, 0.29) is 5.91 Å². The summed E-state index contributed by atoms with van der Waals surface area (Å²) in [5, 5.41) is 7.42. The minimum Gasteiger partial charge on any atom is -0.322 e. The zero-order valence-electron chi connectivity index (χ0n) is 14.2. The molecule has 2 N–H and O–H groups in total. The van der Waals surface area contributed by atoms with E-state index in [1.807, 2.05) is 43.3 Å². The summed E-state index contributed by atoms with van der Waals surface area (Å²) >= 11 is 1.66. The van der Waals surface area contributed by atoms with Gasteiger partial charge in [-0.05, 0) is 74.7 Å². The van der Waals surface area contributed by atoms with Crippen molar-refractivity contribution >= 4 is 33.1 Å². The molecule has 1 aromatic heterocycles. The van der Waals surface area contributed by atoms with Gasteiger partial charge in [-0.1, -0.05) is 12.1 Å². The van der Waals surface area contributed by atoms with Crippen LogP contribution in [0.25, 0.3) is 10.2 Å². The van der Waals surface area contributed by atoms with Crippen LogP contribution < -0.4 is 10.6 Å². The highest BCUT2D eigenvalue weighted by Crippen LogP contribution is 2.25. The molecule has 0 spiro atoms. The Bertz CT molecular complexity index is 912. The molecule has 2 aromatic carbocycles. The summed E-state index contributed by atoms with van der Waals surface area (Å²) in [6.07, 6.45) is 2.24. The summed E-state index contributed by atoms with van der Waals surface area (Å²) in [5.74, 6) is 0.603. The first-order chi connectivity index (χ1) is 12.2. The number of carbonyl (C=O) groups is 1. The van der Waals surface area contributed by atoms with E-state index < -0.39 is 0 Å². The Kier molecular flexibility index (Phi) is 4.51. The lowest BCUT2D eigenvalue weighted by Gasteiger charge is -2.10. The Balaban J connectivity index is 1.49. The average Bonchev–Trinajstić information content (AvgIpc) is 3.23. The number of aromatic nitrogens is 1. The van der Waals surface area contributed by atoms with Crippen molar-refractivity contribution in [3.05, 3.63) is 58.6 Å². The zero-order chi connectivity index (χ0) is 17.2. The second-order valence-corrected chi connectivity index (χ2v) is 7.87. The first-order valence-corrected chi connectivity index (χ1v) is 9.47. The van der Waals surface area contributed by atoms with Crippen LogP contribution in [0.3, 0.4) is 0 Å². The molecule has 1 aliphatic heterocycles. The van der Waals surface area contributed by atoms with E-state index in [0.717, 1.165) is 40.4 Å². The van der Waals surface area contributed by atoms with Crippen LogP contribution in [-0.2, 0) is 6.42 Å². The van der Waals surface area contributed by atoms with Gasteiger partial charge in [0.05, 0.1) is 15.2 Å². The molecule has 5 heteroatoms. The highest BCUT2D eigenvalue weighted by Gasteiger charge is 2.15. The van der Waals surface area contributed by atoms with Crippen LogP contribution in [0.4, 0.5) is 5.69 Å². The van der Waals surface area contributed by atoms with Gasteiger partial charge in [-0.3, -0.25) is 4.79 Å². The van der Waals surface area contributed by atoms with Crippen LogP contribution >= 0.6 is 11.3 Å². The van der Waals surface area contributed by atoms with Crippen molar-refractivity contribution in [3.8, 4) is 0 Å². The van der Waals surface area contributed by atoms with Gasteiger partial charge in [-0.15, -0.1) is 11.3 Å². The normalized spacial score (nSPS) is 17.1. The van der Waals surface area contributed by atoms with Crippen molar-refractivity contribution in [1.29, 1.82) is 0 Å². The molecule has 1 saturated heterocycles. The molecule has 0 saturated carbocycles. The lowest BCUT2D eigenvalue weighted by atomic mass is 9.97. The molecular formula is C20H21N3OS. The monoisotopic (exact) mass is 351 g/mol. The largest absolute Gasteiger partial charge is 0.322 e. The predicted octanol–water partition coefficient (Wildman–Crippen LogP) is 4.01. The maximum Gasteiger partial charge on any atom is 0.255 e. The van der Waals surface area contributed by atoms with Crippen LogP contribution in [0.1, 0.15) is 27.3 Å². The lowest BCUT2D eigenvalue weighted by Crippen LogP contribution is -2.13. The number of amides is 1. The fourth-order valence-electron chi connectivity index (χ4n) is 3.39. The first kappa shape index (κ1) is 16.2. The van der Waals surface area contributed by atoms with Gasteiger partial charge in [0.25, 0.3) is 5.91 Å². The Hall–Kier alpha value is -2.24. The van der Waals surface area contributed by atoms with Crippen molar-refractivity contribution in [1.82, 2.24) is 10.3 Å². The van der Waals surface area contributed by atoms with E-state index in [9.17, 15) is 4.79 Å². The van der Waals surface area contributed by atoms with E-state index in [1.54, 1.807) is 11.3 Å². The van der Waals surface area contributed by atoms with E-state index in [2.05, 4.69) is 21.7 Å². The van der Waals surface area contributed by atoms with Crippen LogP contribution in [0.2, 0.25) is 0 Å². The molecular weight excluding hydrogens is 330 g/mol. The minimum atomic E-state index is -0.0716. The van der Waals surface area contributed by atoms with Gasteiger partial charge in [0, 0.05) is 11.3 Å². The summed E-state index contributed by atoms with van der Waals surface area (Å²) in [5.41, 5.74) is 3.65. The predicted molar refractivity (Wildman–Crippen MR) is 103 cm³/mol. The zero-order valence-corrected chi connectivity index (χ0v) is 15.0. The Morgan fingerprint density at radius 2 is 2.24 bits per heavy atom. The number of rotatable bonds is 4. The van der Waals surface area contributed by atoms with Gasteiger partial charge in [0.2, 0.25) is 0 Å². The van der Waals surface area contributed by atoms with Crippen LogP contribution in [0.5, 0.6) is 0 Å². The van der Waals surface area contributed by atoms with Gasteiger partial charge < -0.3 is 10.6 Å². The van der Waals surface area contributed by atoms with Gasteiger partial charge in [-0.25, -0.2) is 4.98 Å². The molecule has 25 heavy (non-hydrogen) atoms. The number of anilines is 1. The van der Waals surface area contributed by atoms with E-state index in [4.69, 9.17) is 0 Å². The molecule has 2 heterocycles. The SMILES string of the molecule is Cc1nc2cc(NC(=O)c3cccc(CC4CCNC4)c3)ccc2s1. The molecule has 4 nitrogen and oxygen atoms in total. The first-order valence-electron chi connectivity index (χ1n) is 8.65. The molecule has 128 valence electrons. The van der Waals surface area contributed by atoms with Crippen LogP contribution in [-0.4, -0.2) is 24.0 Å². The quantitative estimate of drug-likeness (QED) is 0.747. The lowest BCUT2D eigenvalue weighted by molar-refractivity contribution is 0.102. The number of fused-ring (bicyclic) bond motifs is 1. The summed E-state index contributed by atoms with van der Waals surface area (Å²) in [4.78, 5) is 17.1. The summed E-state index contributed by atoms with van der Waals surface area (Å²) in [6.45, 7) is 4.17. The molecule has 1 aliphatic rings. The number of hydrogen-bond donors (Lipinski definition) is 2. The van der Waals surface area contributed by atoms with Gasteiger partial charge in [-0.2, -0.15) is 0 Å². The van der Waals surface area contributed by atoms with Crippen molar-refractivity contribution < 1.29 is 4.79 Å². The van der Waals surface area contributed by atoms with Gasteiger partial charge in [0.15, 0.2) is 0 Å². The van der Waals surface area contributed by atoms with E-state index >= 15 is 0 Å². The van der Waals surface area contributed by atoms with Crippen LogP contribution in [0.15, 0.2) is 42.5 Å². The van der Waals surface area contributed by atoms with Crippen molar-refractivity contribution in [2.75, 3.05) is 18.4 Å². The molecule has 0 bridgehead atoms. The standard InChI is InChI=1S/C20H21N3OS/c1-13-22-18-11-17(5-6-19(18)25-13)23-20(24)16-4-2-3-14(10-16)9-15-7-8-21-12-15/h2-6,10-11,15,21H,7-9,12H2,1H3,(H,23,24). The summed E-state index contributed by atoms with van der Waals surface area (Å²) in [7, 11) is 0. The Labute approximate surface area is 151 Å². The topological polar surface area (TPSA) is 54.0 Å².